The molecule has 0 radical (unpaired) electrons. The summed E-state index contributed by atoms with van der Waals surface area (Å²) in [5.41, 5.74) is 5.78. The Morgan fingerprint density at radius 3 is 2.54 bits per heavy atom. The van der Waals surface area contributed by atoms with Gasteiger partial charge in [0, 0.05) is 13.1 Å². The highest BCUT2D eigenvalue weighted by Crippen LogP contribution is 2.16. The molecule has 0 spiro atoms. The predicted molar refractivity (Wildman–Crippen MR) is 106 cm³/mol. The van der Waals surface area contributed by atoms with E-state index in [2.05, 4.69) is 10.6 Å². The van der Waals surface area contributed by atoms with Crippen LogP contribution in [0.5, 0.6) is 0 Å². The number of carbonyl (C=O) groups excluding carboxylic acids is 3. The van der Waals surface area contributed by atoms with Crippen LogP contribution >= 0.6 is 0 Å². The highest BCUT2D eigenvalue weighted by Gasteiger charge is 2.33. The van der Waals surface area contributed by atoms with Crippen LogP contribution < -0.4 is 16.4 Å². The minimum Gasteiger partial charge on any atom is -0.444 e. The fourth-order valence-corrected chi connectivity index (χ4v) is 3.16. The summed E-state index contributed by atoms with van der Waals surface area (Å²) in [6.07, 6.45) is 1.30. The third kappa shape index (κ3) is 6.75. The van der Waals surface area contributed by atoms with Crippen LogP contribution in [0, 0.1) is 0 Å². The largest absolute Gasteiger partial charge is 0.444 e. The first-order valence-corrected chi connectivity index (χ1v) is 9.53. The van der Waals surface area contributed by atoms with Crippen LogP contribution in [0.4, 0.5) is 9.59 Å². The average molecular weight is 390 g/mol. The molecule has 1 heterocycles. The number of alkyl carbamates (subject to hydrolysis) is 1. The van der Waals surface area contributed by atoms with Crippen LogP contribution in [-0.2, 0) is 16.0 Å². The second kappa shape index (κ2) is 9.43. The third-order valence-electron chi connectivity index (χ3n) is 4.39. The Kier molecular flexibility index (Phi) is 7.25. The highest BCUT2D eigenvalue weighted by atomic mass is 16.6. The van der Waals surface area contributed by atoms with Crippen LogP contribution in [0.15, 0.2) is 30.3 Å². The molecule has 1 aromatic rings. The van der Waals surface area contributed by atoms with Gasteiger partial charge in [0.25, 0.3) is 0 Å². The number of rotatable bonds is 6. The number of nitrogens with one attached hydrogen (secondary N) is 2. The van der Waals surface area contributed by atoms with E-state index in [1.807, 2.05) is 30.3 Å². The van der Waals surface area contributed by atoms with Gasteiger partial charge in [-0.05, 0) is 45.6 Å². The van der Waals surface area contributed by atoms with Gasteiger partial charge in [-0.2, -0.15) is 0 Å². The molecule has 8 heteroatoms. The van der Waals surface area contributed by atoms with Gasteiger partial charge in [0.2, 0.25) is 5.91 Å². The van der Waals surface area contributed by atoms with Gasteiger partial charge < -0.3 is 26.0 Å². The number of primary amides is 1. The van der Waals surface area contributed by atoms with Gasteiger partial charge in [-0.25, -0.2) is 9.59 Å². The lowest BCUT2D eigenvalue weighted by Crippen LogP contribution is -2.52. The molecule has 2 rings (SSSR count). The van der Waals surface area contributed by atoms with Crippen molar-refractivity contribution >= 4 is 18.0 Å². The van der Waals surface area contributed by atoms with E-state index in [4.69, 9.17) is 10.5 Å². The molecule has 0 aromatic heterocycles. The fraction of sp³-hybridized carbons (Fsp3) is 0.550. The summed E-state index contributed by atoms with van der Waals surface area (Å²) in [5, 5.41) is 5.62. The maximum Gasteiger partial charge on any atom is 0.407 e. The molecule has 4 N–H and O–H groups in total. The van der Waals surface area contributed by atoms with E-state index in [1.165, 1.54) is 4.90 Å². The quantitative estimate of drug-likeness (QED) is 0.687. The Morgan fingerprint density at radius 2 is 1.93 bits per heavy atom. The van der Waals surface area contributed by atoms with Crippen molar-refractivity contribution in [2.24, 2.45) is 5.73 Å². The molecular weight excluding hydrogens is 360 g/mol. The first-order valence-electron chi connectivity index (χ1n) is 9.53. The van der Waals surface area contributed by atoms with Gasteiger partial charge in [0.1, 0.15) is 11.6 Å². The van der Waals surface area contributed by atoms with E-state index < -0.39 is 23.6 Å². The summed E-state index contributed by atoms with van der Waals surface area (Å²) >= 11 is 0. The van der Waals surface area contributed by atoms with Crippen molar-refractivity contribution in [2.75, 3.05) is 13.1 Å². The number of hydrogen-bond donors (Lipinski definition) is 3. The number of urea groups is 1. The molecule has 0 saturated carbocycles. The zero-order chi connectivity index (χ0) is 20.7. The predicted octanol–water partition coefficient (Wildman–Crippen LogP) is 1.78. The number of likely N-dealkylation sites (tertiary alicyclic amines) is 1. The van der Waals surface area contributed by atoms with Crippen LogP contribution in [0.25, 0.3) is 0 Å². The number of hydrogen-bond acceptors (Lipinski definition) is 4. The van der Waals surface area contributed by atoms with E-state index in [0.717, 1.165) is 12.0 Å². The number of amides is 4. The molecule has 0 bridgehead atoms. The van der Waals surface area contributed by atoms with Crippen molar-refractivity contribution in [3.8, 4) is 0 Å². The molecule has 8 nitrogen and oxygen atoms in total. The molecule has 1 fully saturated rings. The van der Waals surface area contributed by atoms with Crippen molar-refractivity contribution in [3.05, 3.63) is 35.9 Å². The maximum absolute atomic E-state index is 12.5. The summed E-state index contributed by atoms with van der Waals surface area (Å²) in [7, 11) is 0. The normalized spacial score (nSPS) is 17.7. The number of benzene rings is 1. The van der Waals surface area contributed by atoms with Crippen molar-refractivity contribution in [2.45, 2.75) is 57.7 Å². The zero-order valence-electron chi connectivity index (χ0n) is 16.7. The number of nitrogens with zero attached hydrogens (tertiary/aromatic N) is 1. The minimum atomic E-state index is -0.616. The summed E-state index contributed by atoms with van der Waals surface area (Å²) in [6, 6.07) is 8.36. The molecule has 1 saturated heterocycles. The number of nitrogens with two attached hydrogens (primary N) is 1. The Labute approximate surface area is 165 Å². The van der Waals surface area contributed by atoms with Gasteiger partial charge >= 0.3 is 12.1 Å². The van der Waals surface area contributed by atoms with Crippen molar-refractivity contribution in [1.29, 1.82) is 0 Å². The molecule has 1 aliphatic heterocycles. The Morgan fingerprint density at radius 1 is 1.25 bits per heavy atom. The Balaban J connectivity index is 1.99. The maximum atomic E-state index is 12.5. The Bertz CT molecular complexity index is 687. The average Bonchev–Trinajstić information content (AvgIpc) is 3.08. The highest BCUT2D eigenvalue weighted by molar-refractivity contribution is 5.86. The van der Waals surface area contributed by atoms with Gasteiger partial charge in [-0.15, -0.1) is 0 Å². The second-order valence-corrected chi connectivity index (χ2v) is 7.97. The molecule has 1 aromatic carbocycles. The van der Waals surface area contributed by atoms with Crippen molar-refractivity contribution in [3.63, 3.8) is 0 Å². The summed E-state index contributed by atoms with van der Waals surface area (Å²) in [4.78, 5) is 37.6. The fourth-order valence-electron chi connectivity index (χ4n) is 3.16. The molecule has 0 aliphatic carbocycles. The van der Waals surface area contributed by atoms with Gasteiger partial charge in [0.05, 0.1) is 6.04 Å². The zero-order valence-corrected chi connectivity index (χ0v) is 16.7. The van der Waals surface area contributed by atoms with Crippen molar-refractivity contribution in [1.82, 2.24) is 15.5 Å². The topological polar surface area (TPSA) is 114 Å². The van der Waals surface area contributed by atoms with Gasteiger partial charge in [-0.1, -0.05) is 30.3 Å². The van der Waals surface area contributed by atoms with Crippen LogP contribution in [-0.4, -0.2) is 53.7 Å². The van der Waals surface area contributed by atoms with E-state index in [-0.39, 0.29) is 18.6 Å². The lowest BCUT2D eigenvalue weighted by molar-refractivity contribution is -0.121. The van der Waals surface area contributed by atoms with Gasteiger partial charge in [-0.3, -0.25) is 4.79 Å². The van der Waals surface area contributed by atoms with Crippen LogP contribution in [0.1, 0.15) is 39.2 Å². The monoisotopic (exact) mass is 390 g/mol. The SMILES string of the molecule is CC(C)(C)OC(=O)N[C@H](CNC(=O)N1CCC[C@H]1C(N)=O)Cc1ccccc1. The molecule has 1 aliphatic rings. The van der Waals surface area contributed by atoms with Crippen molar-refractivity contribution < 1.29 is 19.1 Å². The first kappa shape index (κ1) is 21.5. The Hall–Kier alpha value is -2.77. The minimum absolute atomic E-state index is 0.203. The smallest absolute Gasteiger partial charge is 0.407 e. The number of carbonyl (C=O) groups is 3. The molecule has 154 valence electrons. The molecular formula is C20H30N4O4. The molecule has 0 unspecified atom stereocenters. The first-order chi connectivity index (χ1) is 13.2. The summed E-state index contributed by atoms with van der Waals surface area (Å²) < 4.78 is 5.33. The van der Waals surface area contributed by atoms with Gasteiger partial charge in [0.15, 0.2) is 0 Å². The van der Waals surface area contributed by atoms with Crippen LogP contribution in [0.3, 0.4) is 0 Å². The third-order valence-corrected chi connectivity index (χ3v) is 4.39. The lowest BCUT2D eigenvalue weighted by Gasteiger charge is -2.26. The van der Waals surface area contributed by atoms with E-state index in [1.54, 1.807) is 20.8 Å². The molecule has 28 heavy (non-hydrogen) atoms. The second-order valence-electron chi connectivity index (χ2n) is 7.97. The summed E-state index contributed by atoms with van der Waals surface area (Å²) in [5.74, 6) is -0.500. The lowest BCUT2D eigenvalue weighted by atomic mass is 10.1. The number of ether oxygens (including phenoxy) is 1. The summed E-state index contributed by atoms with van der Waals surface area (Å²) in [6.45, 7) is 6.06. The van der Waals surface area contributed by atoms with E-state index in [0.29, 0.717) is 19.4 Å². The standard InChI is InChI=1S/C20H30N4O4/c1-20(2,3)28-19(27)23-15(12-14-8-5-4-6-9-14)13-22-18(26)24-11-7-10-16(24)17(21)25/h4-6,8-9,15-16H,7,10-13H2,1-3H3,(H2,21,25)(H,22,26)(H,23,27)/t15-,16-/m0/s1. The molecule has 4 amide bonds. The van der Waals surface area contributed by atoms with E-state index >= 15 is 0 Å². The molecule has 2 atom stereocenters. The van der Waals surface area contributed by atoms with E-state index in [9.17, 15) is 14.4 Å². The van der Waals surface area contributed by atoms with Crippen LogP contribution in [0.2, 0.25) is 0 Å².